The molecule has 6 rings (SSSR count). The zero-order valence-electron chi connectivity index (χ0n) is 23.0. The van der Waals surface area contributed by atoms with Gasteiger partial charge in [0.15, 0.2) is 17.2 Å². The lowest BCUT2D eigenvalue weighted by atomic mass is 9.88. The fourth-order valence-electron chi connectivity index (χ4n) is 5.36. The summed E-state index contributed by atoms with van der Waals surface area (Å²) in [5.74, 6) is 0.397. The molecule has 0 atom stereocenters. The van der Waals surface area contributed by atoms with Crippen LogP contribution in [0, 0.1) is 0 Å². The van der Waals surface area contributed by atoms with Crippen LogP contribution in [0.3, 0.4) is 0 Å². The highest BCUT2D eigenvalue weighted by atomic mass is 35.5. The Morgan fingerprint density at radius 3 is 2.33 bits per heavy atom. The average molecular weight is 579 g/mol. The highest BCUT2D eigenvalue weighted by Crippen LogP contribution is 2.39. The molecule has 8 nitrogen and oxygen atoms in total. The van der Waals surface area contributed by atoms with Gasteiger partial charge in [-0.15, -0.1) is 0 Å². The van der Waals surface area contributed by atoms with Gasteiger partial charge < -0.3 is 20.5 Å². The van der Waals surface area contributed by atoms with Crippen LogP contribution in [0.5, 0.6) is 11.5 Å². The molecule has 1 aliphatic carbocycles. The zero-order valence-corrected chi connectivity index (χ0v) is 23.7. The Labute approximate surface area is 247 Å². The normalized spacial score (nSPS) is 11.8. The number of ether oxygens (including phenoxy) is 2. The van der Waals surface area contributed by atoms with Crippen molar-refractivity contribution >= 4 is 29.1 Å². The Morgan fingerprint density at radius 1 is 0.881 bits per heavy atom. The van der Waals surface area contributed by atoms with Gasteiger partial charge in [-0.2, -0.15) is 5.10 Å². The molecule has 1 aliphatic rings. The van der Waals surface area contributed by atoms with Crippen LogP contribution >= 0.6 is 11.6 Å². The van der Waals surface area contributed by atoms with E-state index in [0.717, 1.165) is 39.2 Å². The van der Waals surface area contributed by atoms with E-state index in [0.29, 0.717) is 40.6 Å². The molecule has 0 saturated heterocycles. The van der Waals surface area contributed by atoms with E-state index in [1.807, 2.05) is 60.7 Å². The van der Waals surface area contributed by atoms with Crippen LogP contribution in [0.2, 0.25) is 5.02 Å². The number of aromatic nitrogens is 2. The fourth-order valence-corrected chi connectivity index (χ4v) is 5.58. The van der Waals surface area contributed by atoms with Gasteiger partial charge in [0.1, 0.15) is 0 Å². The standard InChI is InChI=1S/C33H27ClN4O4/c1-41-28-16-11-21(17-29(28)42-2)19-8-13-23(14-9-19)38-31-25(30(37-38)32(35)39)15-10-20-7-12-22(18-26(20)31)36-33(40)24-5-3-4-6-27(24)34/h3-9,11-14,16-18H,10,15H2,1-2H3,(H2,35,39)(H,36,40). The number of amides is 2. The summed E-state index contributed by atoms with van der Waals surface area (Å²) in [6.45, 7) is 0. The number of halogens is 1. The number of hydrogen-bond acceptors (Lipinski definition) is 5. The Balaban J connectivity index is 1.39. The number of nitrogens with one attached hydrogen (secondary N) is 1. The van der Waals surface area contributed by atoms with Crippen LogP contribution in [-0.4, -0.2) is 35.8 Å². The van der Waals surface area contributed by atoms with Crippen molar-refractivity contribution in [2.75, 3.05) is 19.5 Å². The second-order valence-electron chi connectivity index (χ2n) is 9.87. The fraction of sp³-hybridized carbons (Fsp3) is 0.121. The van der Waals surface area contributed by atoms with Gasteiger partial charge >= 0.3 is 0 Å². The molecule has 1 heterocycles. The third-order valence-electron chi connectivity index (χ3n) is 7.43. The minimum atomic E-state index is -0.585. The van der Waals surface area contributed by atoms with E-state index in [2.05, 4.69) is 10.4 Å². The number of hydrogen-bond donors (Lipinski definition) is 2. The van der Waals surface area contributed by atoms with Crippen molar-refractivity contribution in [2.45, 2.75) is 12.8 Å². The Kier molecular flexibility index (Phi) is 7.14. The van der Waals surface area contributed by atoms with E-state index < -0.39 is 5.91 Å². The third-order valence-corrected chi connectivity index (χ3v) is 7.76. The molecule has 5 aromatic rings. The van der Waals surface area contributed by atoms with Crippen LogP contribution in [0.15, 0.2) is 84.9 Å². The van der Waals surface area contributed by atoms with Crippen molar-refractivity contribution in [3.05, 3.63) is 112 Å². The molecule has 9 heteroatoms. The Hall–Kier alpha value is -5.08. The zero-order chi connectivity index (χ0) is 29.4. The lowest BCUT2D eigenvalue weighted by molar-refractivity contribution is 0.0992. The SMILES string of the molecule is COc1ccc(-c2ccc(-n3nc(C(N)=O)c4c3-c3cc(NC(=O)c5ccccc5Cl)ccc3CC4)cc2)cc1OC. The molecule has 0 fully saturated rings. The number of nitrogens with zero attached hydrogens (tertiary/aromatic N) is 2. The summed E-state index contributed by atoms with van der Waals surface area (Å²) < 4.78 is 12.6. The number of carbonyl (C=O) groups is 2. The first kappa shape index (κ1) is 27.1. The predicted octanol–water partition coefficient (Wildman–Crippen LogP) is 6.33. The van der Waals surface area contributed by atoms with Gasteiger partial charge in [0.05, 0.1) is 36.2 Å². The molecule has 4 aromatic carbocycles. The minimum Gasteiger partial charge on any atom is -0.493 e. The van der Waals surface area contributed by atoms with Crippen molar-refractivity contribution < 1.29 is 19.1 Å². The number of fused-ring (bicyclic) bond motifs is 3. The highest BCUT2D eigenvalue weighted by Gasteiger charge is 2.28. The summed E-state index contributed by atoms with van der Waals surface area (Å²) >= 11 is 6.24. The first-order valence-electron chi connectivity index (χ1n) is 13.3. The van der Waals surface area contributed by atoms with Crippen LogP contribution in [-0.2, 0) is 12.8 Å². The van der Waals surface area contributed by atoms with Gasteiger partial charge in [0, 0.05) is 16.8 Å². The van der Waals surface area contributed by atoms with Crippen molar-refractivity contribution in [1.82, 2.24) is 9.78 Å². The van der Waals surface area contributed by atoms with E-state index in [4.69, 9.17) is 26.8 Å². The van der Waals surface area contributed by atoms with Gasteiger partial charge in [-0.1, -0.05) is 48.0 Å². The van der Waals surface area contributed by atoms with Gasteiger partial charge in [-0.25, -0.2) is 4.68 Å². The summed E-state index contributed by atoms with van der Waals surface area (Å²) in [6.07, 6.45) is 1.33. The van der Waals surface area contributed by atoms with Crippen molar-refractivity contribution in [3.8, 4) is 39.6 Å². The summed E-state index contributed by atoms with van der Waals surface area (Å²) in [5, 5.41) is 7.98. The molecular formula is C33H27ClN4O4. The lowest BCUT2D eigenvalue weighted by Gasteiger charge is -2.20. The first-order chi connectivity index (χ1) is 20.4. The van der Waals surface area contributed by atoms with E-state index in [9.17, 15) is 9.59 Å². The van der Waals surface area contributed by atoms with E-state index in [-0.39, 0.29) is 11.6 Å². The molecule has 42 heavy (non-hydrogen) atoms. The third kappa shape index (κ3) is 4.86. The first-order valence-corrected chi connectivity index (χ1v) is 13.7. The number of nitrogens with two attached hydrogens (primary N) is 1. The monoisotopic (exact) mass is 578 g/mol. The molecule has 0 saturated carbocycles. The molecule has 1 aromatic heterocycles. The van der Waals surface area contributed by atoms with Gasteiger partial charge in [0.25, 0.3) is 11.8 Å². The lowest BCUT2D eigenvalue weighted by Crippen LogP contribution is -2.15. The molecule has 2 amide bonds. The largest absolute Gasteiger partial charge is 0.493 e. The number of benzene rings is 4. The molecule has 3 N–H and O–H groups in total. The van der Waals surface area contributed by atoms with Crippen molar-refractivity contribution in [2.24, 2.45) is 5.73 Å². The van der Waals surface area contributed by atoms with Crippen LogP contribution < -0.4 is 20.5 Å². The topological polar surface area (TPSA) is 108 Å². The van der Waals surface area contributed by atoms with Crippen LogP contribution in [0.25, 0.3) is 28.1 Å². The summed E-state index contributed by atoms with van der Waals surface area (Å²) in [4.78, 5) is 25.4. The number of aryl methyl sites for hydroxylation is 1. The summed E-state index contributed by atoms with van der Waals surface area (Å²) in [6, 6.07) is 26.3. The number of rotatable bonds is 7. The maximum atomic E-state index is 13.0. The number of carbonyl (C=O) groups excluding carboxylic acids is 2. The van der Waals surface area contributed by atoms with E-state index in [1.54, 1.807) is 43.2 Å². The molecule has 0 unspecified atom stereocenters. The van der Waals surface area contributed by atoms with Crippen molar-refractivity contribution in [3.63, 3.8) is 0 Å². The van der Waals surface area contributed by atoms with Gasteiger partial charge in [0.2, 0.25) is 0 Å². The maximum absolute atomic E-state index is 13.0. The van der Waals surface area contributed by atoms with E-state index >= 15 is 0 Å². The summed E-state index contributed by atoms with van der Waals surface area (Å²) in [7, 11) is 3.21. The molecule has 210 valence electrons. The number of methoxy groups -OCH3 is 2. The van der Waals surface area contributed by atoms with Gasteiger partial charge in [-0.3, -0.25) is 9.59 Å². The quantitative estimate of drug-likeness (QED) is 0.235. The van der Waals surface area contributed by atoms with Crippen LogP contribution in [0.1, 0.15) is 32.0 Å². The average Bonchev–Trinajstić information content (AvgIpc) is 3.42. The van der Waals surface area contributed by atoms with Crippen molar-refractivity contribution in [1.29, 1.82) is 0 Å². The molecular weight excluding hydrogens is 552 g/mol. The Morgan fingerprint density at radius 2 is 1.62 bits per heavy atom. The number of anilines is 1. The predicted molar refractivity (Wildman–Crippen MR) is 163 cm³/mol. The smallest absolute Gasteiger partial charge is 0.269 e. The summed E-state index contributed by atoms with van der Waals surface area (Å²) in [5.41, 5.74) is 13.2. The Bertz CT molecular complexity index is 1850. The minimum absolute atomic E-state index is 0.241. The number of primary amides is 1. The molecule has 0 bridgehead atoms. The maximum Gasteiger partial charge on any atom is 0.269 e. The van der Waals surface area contributed by atoms with Crippen LogP contribution in [0.4, 0.5) is 5.69 Å². The molecule has 0 aliphatic heterocycles. The second kappa shape index (κ2) is 11.1. The van der Waals surface area contributed by atoms with Gasteiger partial charge in [-0.05, 0) is 78.1 Å². The molecule has 0 radical (unpaired) electrons. The highest BCUT2D eigenvalue weighted by molar-refractivity contribution is 6.34. The van der Waals surface area contributed by atoms with E-state index in [1.165, 1.54) is 0 Å². The second-order valence-corrected chi connectivity index (χ2v) is 10.3. The molecule has 0 spiro atoms.